The molecule has 8 nitrogen and oxygen atoms in total. The number of nitro benzene ring substituents is 1. The second-order valence-corrected chi connectivity index (χ2v) is 7.77. The Morgan fingerprint density at radius 1 is 1.16 bits per heavy atom. The van der Waals surface area contributed by atoms with E-state index in [9.17, 15) is 24.5 Å². The summed E-state index contributed by atoms with van der Waals surface area (Å²) in [6.45, 7) is 0.0538. The summed E-state index contributed by atoms with van der Waals surface area (Å²) in [6.07, 6.45) is -1.03. The maximum absolute atomic E-state index is 12.7. The SMILES string of the molecule is O=C(O[C@H](CCCl)C(=O)c1ccc(Cl)cc1)[C@H]1CC(=O)N(c2ccc([N+](=O)[O-])cc2)C1. The molecule has 3 rings (SSSR count). The van der Waals surface area contributed by atoms with Gasteiger partial charge in [-0.25, -0.2) is 0 Å². The molecule has 1 heterocycles. The number of nitrogens with zero attached hydrogens (tertiary/aromatic N) is 2. The fourth-order valence-corrected chi connectivity index (χ4v) is 3.57. The van der Waals surface area contributed by atoms with E-state index in [0.717, 1.165) is 0 Å². The monoisotopic (exact) mass is 464 g/mol. The topological polar surface area (TPSA) is 107 Å². The molecule has 0 radical (unpaired) electrons. The zero-order valence-electron chi connectivity index (χ0n) is 16.2. The molecule has 1 aliphatic heterocycles. The molecule has 31 heavy (non-hydrogen) atoms. The molecule has 2 aromatic rings. The molecule has 10 heteroatoms. The first-order chi connectivity index (χ1) is 14.8. The molecular weight excluding hydrogens is 447 g/mol. The van der Waals surface area contributed by atoms with Gasteiger partial charge in [0.2, 0.25) is 11.7 Å². The van der Waals surface area contributed by atoms with Gasteiger partial charge in [0.1, 0.15) is 0 Å². The molecule has 1 aliphatic rings. The Labute approximate surface area is 187 Å². The molecule has 0 bridgehead atoms. The number of halogens is 2. The van der Waals surface area contributed by atoms with Gasteiger partial charge in [0.05, 0.1) is 10.8 Å². The summed E-state index contributed by atoms with van der Waals surface area (Å²) in [5.74, 6) is -2.04. The number of benzene rings is 2. The number of hydrogen-bond donors (Lipinski definition) is 0. The van der Waals surface area contributed by atoms with E-state index >= 15 is 0 Å². The molecule has 162 valence electrons. The summed E-state index contributed by atoms with van der Waals surface area (Å²) in [5, 5.41) is 11.3. The number of esters is 1. The van der Waals surface area contributed by atoms with E-state index in [2.05, 4.69) is 0 Å². The van der Waals surface area contributed by atoms with Gasteiger partial charge < -0.3 is 9.64 Å². The fraction of sp³-hybridized carbons (Fsp3) is 0.286. The Hall–Kier alpha value is -2.97. The predicted octanol–water partition coefficient (Wildman–Crippen LogP) is 4.02. The molecular formula is C21H18Cl2N2O6. The maximum Gasteiger partial charge on any atom is 0.312 e. The van der Waals surface area contributed by atoms with Crippen molar-refractivity contribution >= 4 is 52.2 Å². The number of amides is 1. The number of non-ortho nitro benzene ring substituents is 1. The van der Waals surface area contributed by atoms with E-state index in [0.29, 0.717) is 16.3 Å². The fourth-order valence-electron chi connectivity index (χ4n) is 3.25. The van der Waals surface area contributed by atoms with Crippen LogP contribution in [0.15, 0.2) is 48.5 Å². The third-order valence-corrected chi connectivity index (χ3v) is 5.35. The van der Waals surface area contributed by atoms with Crippen LogP contribution in [0.2, 0.25) is 5.02 Å². The Morgan fingerprint density at radius 3 is 2.39 bits per heavy atom. The number of ether oxygens (including phenoxy) is 1. The summed E-state index contributed by atoms with van der Waals surface area (Å²) < 4.78 is 5.43. The highest BCUT2D eigenvalue weighted by Crippen LogP contribution is 2.28. The zero-order valence-corrected chi connectivity index (χ0v) is 17.7. The van der Waals surface area contributed by atoms with Crippen molar-refractivity contribution in [2.24, 2.45) is 5.92 Å². The highest BCUT2D eigenvalue weighted by Gasteiger charge is 2.38. The van der Waals surface area contributed by atoms with Gasteiger partial charge >= 0.3 is 5.97 Å². The molecule has 0 aromatic heterocycles. The van der Waals surface area contributed by atoms with Gasteiger partial charge in [-0.3, -0.25) is 24.5 Å². The lowest BCUT2D eigenvalue weighted by Crippen LogP contribution is -2.32. The van der Waals surface area contributed by atoms with Crippen molar-refractivity contribution in [3.63, 3.8) is 0 Å². The summed E-state index contributed by atoms with van der Waals surface area (Å²) in [6, 6.07) is 11.7. The quantitative estimate of drug-likeness (QED) is 0.192. The molecule has 0 N–H and O–H groups in total. The number of anilines is 1. The van der Waals surface area contributed by atoms with Crippen LogP contribution in [0.3, 0.4) is 0 Å². The Bertz CT molecular complexity index is 994. The maximum atomic E-state index is 12.7. The third-order valence-electron chi connectivity index (χ3n) is 4.88. The third kappa shape index (κ3) is 5.39. The van der Waals surface area contributed by atoms with Gasteiger partial charge in [-0.1, -0.05) is 11.6 Å². The van der Waals surface area contributed by atoms with Gasteiger partial charge in [0.25, 0.3) is 5.69 Å². The second-order valence-electron chi connectivity index (χ2n) is 6.95. The van der Waals surface area contributed by atoms with E-state index in [1.165, 1.54) is 41.3 Å². The van der Waals surface area contributed by atoms with Crippen LogP contribution < -0.4 is 4.90 Å². The number of Topliss-reactive ketones (excluding diaryl/α,β-unsaturated/α-hetero) is 1. The van der Waals surface area contributed by atoms with E-state index < -0.39 is 28.7 Å². The number of alkyl halides is 1. The lowest BCUT2D eigenvalue weighted by Gasteiger charge is -2.19. The van der Waals surface area contributed by atoms with Crippen LogP contribution in [0.4, 0.5) is 11.4 Å². The molecule has 1 amide bonds. The summed E-state index contributed by atoms with van der Waals surface area (Å²) >= 11 is 11.6. The number of carbonyl (C=O) groups excluding carboxylic acids is 3. The van der Waals surface area contributed by atoms with Crippen molar-refractivity contribution in [2.45, 2.75) is 18.9 Å². The smallest absolute Gasteiger partial charge is 0.312 e. The molecule has 2 atom stereocenters. The van der Waals surface area contributed by atoms with Crippen molar-refractivity contribution in [2.75, 3.05) is 17.3 Å². The number of ketones is 1. The van der Waals surface area contributed by atoms with E-state index in [1.807, 2.05) is 0 Å². The molecule has 2 aromatic carbocycles. The van der Waals surface area contributed by atoms with Crippen molar-refractivity contribution in [3.8, 4) is 0 Å². The number of nitro groups is 1. The molecule has 0 unspecified atom stereocenters. The first kappa shape index (κ1) is 22.7. The minimum Gasteiger partial charge on any atom is -0.454 e. The van der Waals surface area contributed by atoms with Crippen LogP contribution in [0.25, 0.3) is 0 Å². The number of rotatable bonds is 8. The first-order valence-electron chi connectivity index (χ1n) is 9.41. The highest BCUT2D eigenvalue weighted by atomic mass is 35.5. The molecule has 1 fully saturated rings. The molecule has 0 aliphatic carbocycles. The van der Waals surface area contributed by atoms with Crippen LogP contribution in [-0.4, -0.2) is 41.1 Å². The zero-order chi connectivity index (χ0) is 22.5. The first-order valence-corrected chi connectivity index (χ1v) is 10.3. The molecule has 0 spiro atoms. The standard InChI is InChI=1S/C21H18Cl2N2O6/c22-10-9-18(20(27)13-1-3-15(23)4-2-13)31-21(28)14-11-19(26)24(12-14)16-5-7-17(8-6-16)25(29)30/h1-8,14,18H,9-12H2/t14-,18+/m0/s1. The normalized spacial score (nSPS) is 16.8. The summed E-state index contributed by atoms with van der Waals surface area (Å²) in [4.78, 5) is 49.4. The lowest BCUT2D eigenvalue weighted by molar-refractivity contribution is -0.384. The minimum absolute atomic E-state index is 0.0538. The van der Waals surface area contributed by atoms with Crippen LogP contribution in [0, 0.1) is 16.0 Å². The van der Waals surface area contributed by atoms with Gasteiger partial charge in [-0.2, -0.15) is 0 Å². The number of hydrogen-bond acceptors (Lipinski definition) is 6. The van der Waals surface area contributed by atoms with Crippen LogP contribution in [-0.2, 0) is 14.3 Å². The second kappa shape index (κ2) is 9.89. The molecule has 1 saturated heterocycles. The van der Waals surface area contributed by atoms with Gasteiger partial charge in [0.15, 0.2) is 6.10 Å². The largest absolute Gasteiger partial charge is 0.454 e. The average molecular weight is 465 g/mol. The van der Waals surface area contributed by atoms with Crippen molar-refractivity contribution < 1.29 is 24.0 Å². The van der Waals surface area contributed by atoms with E-state index in [-0.39, 0.29) is 36.9 Å². The van der Waals surface area contributed by atoms with Crippen LogP contribution in [0.1, 0.15) is 23.2 Å². The van der Waals surface area contributed by atoms with Gasteiger partial charge in [-0.15, -0.1) is 11.6 Å². The van der Waals surface area contributed by atoms with Crippen molar-refractivity contribution in [1.82, 2.24) is 0 Å². The Morgan fingerprint density at radius 2 is 1.81 bits per heavy atom. The van der Waals surface area contributed by atoms with Gasteiger partial charge in [-0.05, 0) is 36.4 Å². The Balaban J connectivity index is 1.68. The number of carbonyl (C=O) groups is 3. The Kier molecular flexibility index (Phi) is 7.25. The average Bonchev–Trinajstić information content (AvgIpc) is 3.15. The molecule has 0 saturated carbocycles. The van der Waals surface area contributed by atoms with E-state index in [1.54, 1.807) is 12.1 Å². The van der Waals surface area contributed by atoms with Gasteiger partial charge in [0, 0.05) is 53.7 Å². The van der Waals surface area contributed by atoms with Crippen molar-refractivity contribution in [3.05, 3.63) is 69.2 Å². The minimum atomic E-state index is -1.07. The van der Waals surface area contributed by atoms with Crippen LogP contribution in [0.5, 0.6) is 0 Å². The lowest BCUT2D eigenvalue weighted by atomic mass is 10.0. The predicted molar refractivity (Wildman–Crippen MR) is 115 cm³/mol. The summed E-state index contributed by atoms with van der Waals surface area (Å²) in [7, 11) is 0. The van der Waals surface area contributed by atoms with Crippen LogP contribution >= 0.6 is 23.2 Å². The summed E-state index contributed by atoms with van der Waals surface area (Å²) in [5.41, 5.74) is 0.679. The van der Waals surface area contributed by atoms with Crippen molar-refractivity contribution in [1.29, 1.82) is 0 Å². The highest BCUT2D eigenvalue weighted by molar-refractivity contribution is 6.30. The van der Waals surface area contributed by atoms with E-state index in [4.69, 9.17) is 27.9 Å².